The number of halogens is 3. The highest BCUT2D eigenvalue weighted by atomic mass is 19.3. The fourth-order valence-corrected chi connectivity index (χ4v) is 2.72. The maximum atomic E-state index is 14.3. The van der Waals surface area contributed by atoms with Crippen molar-refractivity contribution in [3.05, 3.63) is 72.2 Å². The smallest absolute Gasteiger partial charge is 0.283 e. The van der Waals surface area contributed by atoms with Gasteiger partial charge in [-0.25, -0.2) is 13.2 Å². The monoisotopic (exact) mass is 429 g/mol. The second kappa shape index (κ2) is 8.74. The lowest BCUT2D eigenvalue weighted by molar-refractivity contribution is 0.0803. The molecule has 0 saturated heterocycles. The first-order chi connectivity index (χ1) is 15.0. The Morgan fingerprint density at radius 3 is 2.65 bits per heavy atom. The molecule has 2 heterocycles. The van der Waals surface area contributed by atoms with Crippen LogP contribution in [0.1, 0.15) is 10.4 Å². The van der Waals surface area contributed by atoms with Gasteiger partial charge in [-0.1, -0.05) is 12.1 Å². The van der Waals surface area contributed by atoms with E-state index in [2.05, 4.69) is 15.5 Å². The summed E-state index contributed by atoms with van der Waals surface area (Å²) >= 11 is 0. The molecule has 2 aromatic carbocycles. The number of amides is 1. The third kappa shape index (κ3) is 4.58. The summed E-state index contributed by atoms with van der Waals surface area (Å²) in [6.45, 7) is -0.872. The molecule has 158 valence electrons. The molecule has 1 N–H and O–H groups in total. The minimum absolute atomic E-state index is 0.0224. The van der Waals surface area contributed by atoms with Crippen molar-refractivity contribution in [3.8, 4) is 28.9 Å². The van der Waals surface area contributed by atoms with Gasteiger partial charge in [0, 0.05) is 5.56 Å². The summed E-state index contributed by atoms with van der Waals surface area (Å²) in [5.74, 6) is -0.897. The average molecular weight is 429 g/mol. The molecule has 0 aliphatic carbocycles. The number of aromatic nitrogens is 2. The van der Waals surface area contributed by atoms with Crippen molar-refractivity contribution >= 4 is 11.6 Å². The molecule has 0 aliphatic rings. The Morgan fingerprint density at radius 2 is 1.87 bits per heavy atom. The number of furan rings is 1. The van der Waals surface area contributed by atoms with Gasteiger partial charge in [-0.3, -0.25) is 4.79 Å². The van der Waals surface area contributed by atoms with Gasteiger partial charge in [0.2, 0.25) is 5.89 Å². The molecular formula is C21H14F3N3O4. The maximum Gasteiger partial charge on any atom is 0.283 e. The topological polar surface area (TPSA) is 90.4 Å². The van der Waals surface area contributed by atoms with E-state index >= 15 is 0 Å². The highest BCUT2D eigenvalue weighted by Crippen LogP contribution is 2.28. The van der Waals surface area contributed by atoms with Crippen LogP contribution in [0.25, 0.3) is 23.1 Å². The lowest BCUT2D eigenvalue weighted by atomic mass is 10.1. The van der Waals surface area contributed by atoms with Gasteiger partial charge in [0.05, 0.1) is 17.5 Å². The SMILES string of the molecule is O=C(Nc1cc(-c2nnc(-c3ccco3)o2)ccc1F)c1ccccc1OCC(F)F. The summed E-state index contributed by atoms with van der Waals surface area (Å²) in [5, 5.41) is 10.2. The molecule has 0 atom stereocenters. The number of carbonyl (C=O) groups excluding carboxylic acids is 1. The lowest BCUT2D eigenvalue weighted by Crippen LogP contribution is -2.16. The number of benzene rings is 2. The number of hydrogen-bond donors (Lipinski definition) is 1. The van der Waals surface area contributed by atoms with Crippen LogP contribution in [0.3, 0.4) is 0 Å². The predicted octanol–water partition coefficient (Wildman–Crippen LogP) is 5.03. The van der Waals surface area contributed by atoms with E-state index in [9.17, 15) is 18.0 Å². The third-order valence-corrected chi connectivity index (χ3v) is 4.11. The Bertz CT molecular complexity index is 1190. The molecule has 2 aromatic heterocycles. The Balaban J connectivity index is 1.57. The van der Waals surface area contributed by atoms with Crippen LogP contribution in [0.5, 0.6) is 5.75 Å². The zero-order valence-corrected chi connectivity index (χ0v) is 15.7. The standard InChI is InChI=1S/C21H14F3N3O4/c22-14-8-7-12(20-26-27-21(31-20)17-6-3-9-29-17)10-15(14)25-19(28)13-4-1-2-5-16(13)30-11-18(23)24/h1-10,18H,11H2,(H,25,28). The quantitative estimate of drug-likeness (QED) is 0.443. The van der Waals surface area contributed by atoms with E-state index in [-0.39, 0.29) is 28.8 Å². The summed E-state index contributed by atoms with van der Waals surface area (Å²) < 4.78 is 54.9. The number of ether oxygens (including phenoxy) is 1. The summed E-state index contributed by atoms with van der Waals surface area (Å²) in [6, 6.07) is 13.0. The molecule has 31 heavy (non-hydrogen) atoms. The molecule has 0 spiro atoms. The number of anilines is 1. The van der Waals surface area contributed by atoms with E-state index in [4.69, 9.17) is 13.6 Å². The molecular weight excluding hydrogens is 415 g/mol. The molecule has 0 radical (unpaired) electrons. The van der Waals surface area contributed by atoms with Crippen molar-refractivity contribution < 1.29 is 31.5 Å². The number of nitrogens with zero attached hydrogens (tertiary/aromatic N) is 2. The van der Waals surface area contributed by atoms with Gasteiger partial charge in [0.25, 0.3) is 18.2 Å². The number of hydrogen-bond acceptors (Lipinski definition) is 6. The second-order valence-corrected chi connectivity index (χ2v) is 6.24. The first kappa shape index (κ1) is 20.2. The van der Waals surface area contributed by atoms with Gasteiger partial charge in [-0.05, 0) is 42.5 Å². The number of rotatable bonds is 7. The van der Waals surface area contributed by atoms with Crippen molar-refractivity contribution in [1.82, 2.24) is 10.2 Å². The van der Waals surface area contributed by atoms with Gasteiger partial charge < -0.3 is 18.9 Å². The molecule has 10 heteroatoms. The van der Waals surface area contributed by atoms with E-state index < -0.39 is 24.8 Å². The average Bonchev–Trinajstić information content (AvgIpc) is 3.46. The first-order valence-corrected chi connectivity index (χ1v) is 9.00. The van der Waals surface area contributed by atoms with Crippen LogP contribution in [-0.2, 0) is 0 Å². The summed E-state index contributed by atoms with van der Waals surface area (Å²) in [5.41, 5.74) is 0.166. The van der Waals surface area contributed by atoms with Crippen molar-refractivity contribution in [3.63, 3.8) is 0 Å². The van der Waals surface area contributed by atoms with Crippen molar-refractivity contribution in [2.75, 3.05) is 11.9 Å². The number of para-hydroxylation sites is 1. The van der Waals surface area contributed by atoms with Crippen molar-refractivity contribution in [2.24, 2.45) is 0 Å². The van der Waals surface area contributed by atoms with Crippen LogP contribution < -0.4 is 10.1 Å². The molecule has 7 nitrogen and oxygen atoms in total. The van der Waals surface area contributed by atoms with Crippen LogP contribution in [-0.4, -0.2) is 29.1 Å². The van der Waals surface area contributed by atoms with E-state index in [1.807, 2.05) is 0 Å². The van der Waals surface area contributed by atoms with Crippen LogP contribution in [0.4, 0.5) is 18.9 Å². The summed E-state index contributed by atoms with van der Waals surface area (Å²) in [7, 11) is 0. The Hall–Kier alpha value is -4.08. The van der Waals surface area contributed by atoms with E-state index in [0.29, 0.717) is 11.3 Å². The molecule has 1 amide bonds. The van der Waals surface area contributed by atoms with Crippen LogP contribution in [0, 0.1) is 5.82 Å². The van der Waals surface area contributed by atoms with Gasteiger partial charge in [-0.15, -0.1) is 10.2 Å². The molecule has 0 saturated carbocycles. The highest BCUT2D eigenvalue weighted by molar-refractivity contribution is 6.06. The molecule has 0 fully saturated rings. The van der Waals surface area contributed by atoms with E-state index in [1.54, 1.807) is 12.1 Å². The van der Waals surface area contributed by atoms with Gasteiger partial charge in [0.15, 0.2) is 5.76 Å². The lowest BCUT2D eigenvalue weighted by Gasteiger charge is -2.12. The fourth-order valence-electron chi connectivity index (χ4n) is 2.72. The van der Waals surface area contributed by atoms with Gasteiger partial charge >= 0.3 is 0 Å². The van der Waals surface area contributed by atoms with E-state index in [1.165, 1.54) is 42.7 Å². The van der Waals surface area contributed by atoms with Crippen LogP contribution in [0.2, 0.25) is 0 Å². The van der Waals surface area contributed by atoms with Gasteiger partial charge in [-0.2, -0.15) is 0 Å². The Morgan fingerprint density at radius 1 is 1.06 bits per heavy atom. The zero-order valence-electron chi connectivity index (χ0n) is 15.7. The van der Waals surface area contributed by atoms with Gasteiger partial charge in [0.1, 0.15) is 18.2 Å². The molecule has 4 aromatic rings. The van der Waals surface area contributed by atoms with Crippen molar-refractivity contribution in [2.45, 2.75) is 6.43 Å². The normalized spacial score (nSPS) is 11.0. The molecule has 4 rings (SSSR count). The minimum Gasteiger partial charge on any atom is -0.487 e. The molecule has 0 aliphatic heterocycles. The van der Waals surface area contributed by atoms with Crippen LogP contribution in [0.15, 0.2) is 69.7 Å². The van der Waals surface area contributed by atoms with Crippen LogP contribution >= 0.6 is 0 Å². The van der Waals surface area contributed by atoms with E-state index in [0.717, 1.165) is 6.07 Å². The first-order valence-electron chi connectivity index (χ1n) is 9.00. The maximum absolute atomic E-state index is 14.3. The largest absolute Gasteiger partial charge is 0.487 e. The summed E-state index contributed by atoms with van der Waals surface area (Å²) in [4.78, 5) is 12.6. The Kier molecular flexibility index (Phi) is 5.69. The fraction of sp³-hybridized carbons (Fsp3) is 0.0952. The van der Waals surface area contributed by atoms with Crippen molar-refractivity contribution in [1.29, 1.82) is 0 Å². The third-order valence-electron chi connectivity index (χ3n) is 4.11. The number of nitrogens with one attached hydrogen (secondary N) is 1. The molecule has 0 unspecified atom stereocenters. The highest BCUT2D eigenvalue weighted by Gasteiger charge is 2.18. The Labute approximate surface area is 173 Å². The summed E-state index contributed by atoms with van der Waals surface area (Å²) in [6.07, 6.45) is -1.25. The zero-order chi connectivity index (χ0) is 21.8. The molecule has 0 bridgehead atoms. The minimum atomic E-state index is -2.70. The number of alkyl halides is 2. The number of carbonyl (C=O) groups is 1. The predicted molar refractivity (Wildman–Crippen MR) is 103 cm³/mol. The second-order valence-electron chi connectivity index (χ2n) is 6.24.